The summed E-state index contributed by atoms with van der Waals surface area (Å²) in [5.41, 5.74) is 5.87. The Labute approximate surface area is 171 Å². The van der Waals surface area contributed by atoms with Gasteiger partial charge in [-0.15, -0.1) is 11.3 Å². The zero-order chi connectivity index (χ0) is 20.2. The van der Waals surface area contributed by atoms with Crippen LogP contribution in [0.1, 0.15) is 27.2 Å². The van der Waals surface area contributed by atoms with E-state index in [1.165, 1.54) is 11.3 Å². The van der Waals surface area contributed by atoms with Crippen LogP contribution in [0.4, 0.5) is 0 Å². The van der Waals surface area contributed by atoms with E-state index in [9.17, 15) is 10.1 Å². The molecule has 2 heterocycles. The normalized spacial score (nSPS) is 11.4. The molecule has 29 heavy (non-hydrogen) atoms. The lowest BCUT2D eigenvalue weighted by molar-refractivity contribution is 0.104. The highest BCUT2D eigenvalue weighted by atomic mass is 32.1. The van der Waals surface area contributed by atoms with Crippen LogP contribution in [0.25, 0.3) is 17.0 Å². The molecule has 0 aliphatic rings. The lowest BCUT2D eigenvalue weighted by atomic mass is 9.99. The van der Waals surface area contributed by atoms with Crippen LogP contribution in [0.2, 0.25) is 0 Å². The number of ether oxygens (including phenoxy) is 1. The molecule has 4 aromatic rings. The molecule has 0 atom stereocenters. The van der Waals surface area contributed by atoms with E-state index in [2.05, 4.69) is 9.97 Å². The van der Waals surface area contributed by atoms with E-state index in [0.717, 1.165) is 27.7 Å². The molecule has 0 radical (unpaired) electrons. The molecule has 0 bridgehead atoms. The highest BCUT2D eigenvalue weighted by molar-refractivity contribution is 7.07. The summed E-state index contributed by atoms with van der Waals surface area (Å²) in [6, 6.07) is 15.1. The van der Waals surface area contributed by atoms with E-state index < -0.39 is 0 Å². The molecule has 0 fully saturated rings. The molecule has 0 spiro atoms. The molecule has 142 valence electrons. The van der Waals surface area contributed by atoms with E-state index in [1.807, 2.05) is 60.8 Å². The summed E-state index contributed by atoms with van der Waals surface area (Å²) >= 11 is 1.53. The number of carbonyl (C=O) groups is 1. The standard InChI is InChI=1S/C23H17N3O2S/c1-15-3-2-4-21-22(15)20(11-25-21)23(27)17(10-24)9-16-5-7-19(8-6-16)28-12-18-13-29-14-26-18/h2-9,11,13-14,25H,12H2,1H3/b17-9+. The third kappa shape index (κ3) is 3.96. The summed E-state index contributed by atoms with van der Waals surface area (Å²) < 4.78 is 5.69. The van der Waals surface area contributed by atoms with Gasteiger partial charge in [0, 0.05) is 28.0 Å². The first-order valence-electron chi connectivity index (χ1n) is 8.99. The van der Waals surface area contributed by atoms with Crippen LogP contribution in [0.5, 0.6) is 5.75 Å². The minimum absolute atomic E-state index is 0.0882. The van der Waals surface area contributed by atoms with Crippen LogP contribution in [-0.4, -0.2) is 15.8 Å². The largest absolute Gasteiger partial charge is 0.487 e. The Morgan fingerprint density at radius 3 is 2.83 bits per heavy atom. The van der Waals surface area contributed by atoms with Crippen LogP contribution in [-0.2, 0) is 6.61 Å². The number of H-pyrrole nitrogens is 1. The number of aromatic amines is 1. The number of aromatic nitrogens is 2. The summed E-state index contributed by atoms with van der Waals surface area (Å²) in [7, 11) is 0. The summed E-state index contributed by atoms with van der Waals surface area (Å²) in [6.07, 6.45) is 3.27. The van der Waals surface area contributed by atoms with Gasteiger partial charge >= 0.3 is 0 Å². The van der Waals surface area contributed by atoms with E-state index in [0.29, 0.717) is 17.9 Å². The fourth-order valence-corrected chi connectivity index (χ4v) is 3.68. The fourth-order valence-electron chi connectivity index (χ4n) is 3.13. The number of hydrogen-bond donors (Lipinski definition) is 1. The Bertz CT molecular complexity index is 1230. The Morgan fingerprint density at radius 1 is 1.28 bits per heavy atom. The smallest absolute Gasteiger partial charge is 0.205 e. The quantitative estimate of drug-likeness (QED) is 0.271. The van der Waals surface area contributed by atoms with Crippen LogP contribution >= 0.6 is 11.3 Å². The first kappa shape index (κ1) is 18.7. The average Bonchev–Trinajstić information content (AvgIpc) is 3.41. The van der Waals surface area contributed by atoms with Gasteiger partial charge in [0.15, 0.2) is 0 Å². The molecule has 0 amide bonds. The molecule has 6 heteroatoms. The maximum Gasteiger partial charge on any atom is 0.205 e. The number of hydrogen-bond acceptors (Lipinski definition) is 5. The molecule has 5 nitrogen and oxygen atoms in total. The Kier molecular flexibility index (Phi) is 5.23. The second-order valence-corrected chi connectivity index (χ2v) is 7.25. The van der Waals surface area contributed by atoms with E-state index in [4.69, 9.17) is 4.74 Å². The number of ketones is 1. The molecule has 0 aliphatic heterocycles. The van der Waals surface area contributed by atoms with Crippen LogP contribution in [0, 0.1) is 18.3 Å². The number of carbonyl (C=O) groups excluding carboxylic acids is 1. The molecule has 2 aromatic heterocycles. The van der Waals surface area contributed by atoms with Crippen molar-refractivity contribution in [1.29, 1.82) is 5.26 Å². The van der Waals surface area contributed by atoms with Crippen LogP contribution < -0.4 is 4.74 Å². The van der Waals surface area contributed by atoms with Gasteiger partial charge in [0.2, 0.25) is 5.78 Å². The molecule has 0 saturated heterocycles. The second kappa shape index (κ2) is 8.13. The van der Waals surface area contributed by atoms with Gasteiger partial charge in [-0.3, -0.25) is 4.79 Å². The highest BCUT2D eigenvalue weighted by Gasteiger charge is 2.17. The van der Waals surface area contributed by atoms with Crippen LogP contribution in [0.15, 0.2) is 65.1 Å². The number of aryl methyl sites for hydroxylation is 1. The second-order valence-electron chi connectivity index (χ2n) is 6.54. The maximum atomic E-state index is 13.0. The number of nitrogens with one attached hydrogen (secondary N) is 1. The van der Waals surface area contributed by atoms with Crippen LogP contribution in [0.3, 0.4) is 0 Å². The number of thiazole rings is 1. The summed E-state index contributed by atoms with van der Waals surface area (Å²) in [5.74, 6) is 0.407. The molecule has 4 rings (SSSR count). The first-order chi connectivity index (χ1) is 14.2. The van der Waals surface area contributed by atoms with Crippen molar-refractivity contribution in [1.82, 2.24) is 9.97 Å². The third-order valence-electron chi connectivity index (χ3n) is 4.59. The molecule has 0 unspecified atom stereocenters. The number of rotatable bonds is 6. The van der Waals surface area contributed by atoms with Crippen molar-refractivity contribution in [2.24, 2.45) is 0 Å². The summed E-state index contributed by atoms with van der Waals surface area (Å²) in [4.78, 5) is 20.3. The number of allylic oxidation sites excluding steroid dienone is 1. The van der Waals surface area contributed by atoms with Crippen molar-refractivity contribution in [3.63, 3.8) is 0 Å². The Balaban J connectivity index is 1.55. The number of nitrogens with zero attached hydrogens (tertiary/aromatic N) is 2. The zero-order valence-corrected chi connectivity index (χ0v) is 16.5. The highest BCUT2D eigenvalue weighted by Crippen LogP contribution is 2.25. The summed E-state index contributed by atoms with van der Waals surface area (Å²) in [6.45, 7) is 2.35. The fraction of sp³-hybridized carbons (Fsp3) is 0.0870. The first-order valence-corrected chi connectivity index (χ1v) is 9.93. The predicted molar refractivity (Wildman–Crippen MR) is 114 cm³/mol. The SMILES string of the molecule is Cc1cccc2[nH]cc(C(=O)/C(C#N)=C/c3ccc(OCc4cscn4)cc3)c12. The van der Waals surface area contributed by atoms with E-state index >= 15 is 0 Å². The van der Waals surface area contributed by atoms with Gasteiger partial charge in [0.25, 0.3) is 0 Å². The van der Waals surface area contributed by atoms with Gasteiger partial charge in [0.1, 0.15) is 24.0 Å². The van der Waals surface area contributed by atoms with Gasteiger partial charge in [-0.25, -0.2) is 4.98 Å². The lowest BCUT2D eigenvalue weighted by Gasteiger charge is -2.05. The van der Waals surface area contributed by atoms with Crippen molar-refractivity contribution < 1.29 is 9.53 Å². The molecule has 0 saturated carbocycles. The van der Waals surface area contributed by atoms with Gasteiger partial charge in [-0.05, 0) is 42.3 Å². The monoisotopic (exact) mass is 399 g/mol. The van der Waals surface area contributed by atoms with Gasteiger partial charge < -0.3 is 9.72 Å². The molecular weight excluding hydrogens is 382 g/mol. The van der Waals surface area contributed by atoms with Crippen molar-refractivity contribution in [2.75, 3.05) is 0 Å². The summed E-state index contributed by atoms with van der Waals surface area (Å²) in [5, 5.41) is 12.4. The maximum absolute atomic E-state index is 13.0. The third-order valence-corrected chi connectivity index (χ3v) is 5.22. The minimum Gasteiger partial charge on any atom is -0.487 e. The minimum atomic E-state index is -0.295. The molecular formula is C23H17N3O2S. The molecule has 0 aliphatic carbocycles. The van der Waals surface area contributed by atoms with Crippen molar-refractivity contribution >= 4 is 34.1 Å². The van der Waals surface area contributed by atoms with Crippen molar-refractivity contribution in [3.05, 3.63) is 87.5 Å². The van der Waals surface area contributed by atoms with Gasteiger partial charge in [0.05, 0.1) is 11.2 Å². The van der Waals surface area contributed by atoms with Crippen molar-refractivity contribution in [2.45, 2.75) is 13.5 Å². The van der Waals surface area contributed by atoms with E-state index in [1.54, 1.807) is 17.8 Å². The Morgan fingerprint density at radius 2 is 2.10 bits per heavy atom. The van der Waals surface area contributed by atoms with Gasteiger partial charge in [-0.1, -0.05) is 24.3 Å². The topological polar surface area (TPSA) is 78.8 Å². The Hall–Kier alpha value is -3.69. The average molecular weight is 399 g/mol. The van der Waals surface area contributed by atoms with Gasteiger partial charge in [-0.2, -0.15) is 5.26 Å². The molecule has 1 N–H and O–H groups in total. The molecule has 2 aromatic carbocycles. The van der Waals surface area contributed by atoms with E-state index in [-0.39, 0.29) is 11.4 Å². The predicted octanol–water partition coefficient (Wildman–Crippen LogP) is 5.30. The number of Topliss-reactive ketones (excluding diaryl/α,β-unsaturated/α-hetero) is 1. The van der Waals surface area contributed by atoms with Crippen molar-refractivity contribution in [3.8, 4) is 11.8 Å². The number of fused-ring (bicyclic) bond motifs is 1. The zero-order valence-electron chi connectivity index (χ0n) is 15.7. The number of nitriles is 1. The lowest BCUT2D eigenvalue weighted by Crippen LogP contribution is -2.01. The number of benzene rings is 2.